The number of amides is 1. The smallest absolute Gasteiger partial charge is 0.274 e. The number of ether oxygens (including phenoxy) is 1. The second kappa shape index (κ2) is 8.31. The fourth-order valence-electron chi connectivity index (χ4n) is 2.55. The molecule has 0 unspecified atom stereocenters. The molecule has 1 amide bonds. The molecular weight excluding hydrogens is 340 g/mol. The van der Waals surface area contributed by atoms with Crippen molar-refractivity contribution in [1.82, 2.24) is 9.97 Å². The third-order valence-electron chi connectivity index (χ3n) is 4.11. The van der Waals surface area contributed by atoms with Crippen molar-refractivity contribution in [3.8, 4) is 5.75 Å². The second-order valence-corrected chi connectivity index (χ2v) is 6.10. The van der Waals surface area contributed by atoms with Crippen molar-refractivity contribution >= 4 is 23.1 Å². The number of carbonyl (C=O) groups excluding carboxylic acids is 1. The van der Waals surface area contributed by atoms with Crippen LogP contribution in [0.25, 0.3) is 0 Å². The summed E-state index contributed by atoms with van der Waals surface area (Å²) in [6.07, 6.45) is 1.36. The van der Waals surface area contributed by atoms with Gasteiger partial charge in [0.1, 0.15) is 23.6 Å². The molecule has 138 valence electrons. The minimum absolute atomic E-state index is 0.277. The molecule has 27 heavy (non-hydrogen) atoms. The maximum Gasteiger partial charge on any atom is 0.274 e. The average Bonchev–Trinajstić information content (AvgIpc) is 2.67. The highest BCUT2D eigenvalue weighted by molar-refractivity contribution is 6.03. The monoisotopic (exact) mass is 362 g/mol. The molecule has 2 N–H and O–H groups in total. The number of aryl methyl sites for hydroxylation is 2. The molecule has 6 heteroatoms. The molecule has 1 heterocycles. The molecule has 0 spiro atoms. The third-order valence-corrected chi connectivity index (χ3v) is 4.11. The molecule has 1 aromatic heterocycles. The van der Waals surface area contributed by atoms with E-state index in [0.29, 0.717) is 12.4 Å². The summed E-state index contributed by atoms with van der Waals surface area (Å²) in [5, 5.41) is 6.04. The van der Waals surface area contributed by atoms with Crippen LogP contribution >= 0.6 is 0 Å². The van der Waals surface area contributed by atoms with Crippen molar-refractivity contribution in [1.29, 1.82) is 0 Å². The first-order chi connectivity index (χ1) is 13.1. The van der Waals surface area contributed by atoms with Gasteiger partial charge in [-0.2, -0.15) is 0 Å². The van der Waals surface area contributed by atoms with E-state index in [0.717, 1.165) is 22.7 Å². The predicted molar refractivity (Wildman–Crippen MR) is 107 cm³/mol. The Morgan fingerprint density at radius 3 is 2.63 bits per heavy atom. The van der Waals surface area contributed by atoms with Gasteiger partial charge in [0.05, 0.1) is 12.3 Å². The normalized spacial score (nSPS) is 10.3. The van der Waals surface area contributed by atoms with E-state index in [2.05, 4.69) is 20.6 Å². The Morgan fingerprint density at radius 1 is 1.04 bits per heavy atom. The Bertz CT molecular complexity index is 956. The van der Waals surface area contributed by atoms with E-state index >= 15 is 0 Å². The number of aromatic nitrogens is 2. The third kappa shape index (κ3) is 4.61. The minimum atomic E-state index is -0.290. The zero-order valence-electron chi connectivity index (χ0n) is 15.6. The topological polar surface area (TPSA) is 76.1 Å². The van der Waals surface area contributed by atoms with Crippen LogP contribution in [0.1, 0.15) is 28.5 Å². The molecule has 0 saturated carbocycles. The standard InChI is InChI=1S/C21H22N4O2/c1-4-27-19-8-6-5-7-17(19)25-20-12-18(22-13-23-20)21(26)24-16-10-9-14(2)15(3)11-16/h5-13H,4H2,1-3H3,(H,24,26)(H,22,23,25). The highest BCUT2D eigenvalue weighted by Crippen LogP contribution is 2.26. The molecule has 3 aromatic rings. The number of nitrogens with zero attached hydrogens (tertiary/aromatic N) is 2. The summed E-state index contributed by atoms with van der Waals surface area (Å²) in [4.78, 5) is 20.8. The molecule has 0 radical (unpaired) electrons. The fourth-order valence-corrected chi connectivity index (χ4v) is 2.55. The minimum Gasteiger partial charge on any atom is -0.492 e. The van der Waals surface area contributed by atoms with E-state index in [1.54, 1.807) is 6.07 Å². The number of anilines is 3. The van der Waals surface area contributed by atoms with Crippen LogP contribution in [-0.4, -0.2) is 22.5 Å². The summed E-state index contributed by atoms with van der Waals surface area (Å²) in [6.45, 7) is 6.53. The number of carbonyl (C=O) groups is 1. The van der Waals surface area contributed by atoms with Gasteiger partial charge in [-0.3, -0.25) is 4.79 Å². The molecule has 3 rings (SSSR count). The summed E-state index contributed by atoms with van der Waals surface area (Å²) in [6, 6.07) is 15.0. The van der Waals surface area contributed by atoms with Gasteiger partial charge in [0, 0.05) is 11.8 Å². The van der Waals surface area contributed by atoms with Gasteiger partial charge in [-0.15, -0.1) is 0 Å². The lowest BCUT2D eigenvalue weighted by molar-refractivity contribution is 0.102. The van der Waals surface area contributed by atoms with E-state index < -0.39 is 0 Å². The van der Waals surface area contributed by atoms with Crippen LogP contribution in [0.5, 0.6) is 5.75 Å². The first-order valence-corrected chi connectivity index (χ1v) is 8.76. The van der Waals surface area contributed by atoms with Crippen LogP contribution in [0.4, 0.5) is 17.2 Å². The van der Waals surface area contributed by atoms with Crippen molar-refractivity contribution in [2.24, 2.45) is 0 Å². The average molecular weight is 362 g/mol. The zero-order chi connectivity index (χ0) is 19.2. The molecule has 0 aliphatic carbocycles. The van der Waals surface area contributed by atoms with Gasteiger partial charge in [-0.05, 0) is 56.2 Å². The molecule has 6 nitrogen and oxygen atoms in total. The fraction of sp³-hybridized carbons (Fsp3) is 0.190. The maximum atomic E-state index is 12.5. The van der Waals surface area contributed by atoms with Gasteiger partial charge in [0.2, 0.25) is 0 Å². The number of rotatable bonds is 6. The van der Waals surface area contributed by atoms with Crippen molar-refractivity contribution < 1.29 is 9.53 Å². The first kappa shape index (κ1) is 18.4. The molecule has 0 fully saturated rings. The summed E-state index contributed by atoms with van der Waals surface area (Å²) < 4.78 is 5.60. The van der Waals surface area contributed by atoms with Gasteiger partial charge in [0.25, 0.3) is 5.91 Å². The highest BCUT2D eigenvalue weighted by Gasteiger charge is 2.11. The van der Waals surface area contributed by atoms with Gasteiger partial charge in [0.15, 0.2) is 0 Å². The molecule has 2 aromatic carbocycles. The van der Waals surface area contributed by atoms with E-state index in [4.69, 9.17) is 4.74 Å². The molecule has 0 aliphatic rings. The summed E-state index contributed by atoms with van der Waals surface area (Å²) in [5.41, 5.74) is 4.08. The van der Waals surface area contributed by atoms with Crippen LogP contribution in [0.2, 0.25) is 0 Å². The van der Waals surface area contributed by atoms with Gasteiger partial charge < -0.3 is 15.4 Å². The Balaban J connectivity index is 1.77. The Hall–Kier alpha value is -3.41. The SMILES string of the molecule is CCOc1ccccc1Nc1cc(C(=O)Nc2ccc(C)c(C)c2)ncn1. The summed E-state index contributed by atoms with van der Waals surface area (Å²) >= 11 is 0. The molecular formula is C21H22N4O2. The Kier molecular flexibility index (Phi) is 5.66. The second-order valence-electron chi connectivity index (χ2n) is 6.10. The van der Waals surface area contributed by atoms with E-state index in [1.165, 1.54) is 11.9 Å². The maximum absolute atomic E-state index is 12.5. The van der Waals surface area contributed by atoms with Crippen LogP contribution in [0, 0.1) is 13.8 Å². The molecule has 0 atom stereocenters. The summed E-state index contributed by atoms with van der Waals surface area (Å²) in [5.74, 6) is 0.948. The molecule has 0 bridgehead atoms. The lowest BCUT2D eigenvalue weighted by Crippen LogP contribution is -2.14. The largest absolute Gasteiger partial charge is 0.492 e. The zero-order valence-corrected chi connectivity index (χ0v) is 15.6. The Morgan fingerprint density at radius 2 is 1.85 bits per heavy atom. The van der Waals surface area contributed by atoms with Gasteiger partial charge in [-0.25, -0.2) is 9.97 Å². The van der Waals surface area contributed by atoms with E-state index in [9.17, 15) is 4.79 Å². The number of hydrogen-bond acceptors (Lipinski definition) is 5. The van der Waals surface area contributed by atoms with Crippen molar-refractivity contribution in [3.63, 3.8) is 0 Å². The van der Waals surface area contributed by atoms with Crippen LogP contribution < -0.4 is 15.4 Å². The van der Waals surface area contributed by atoms with Crippen LogP contribution in [-0.2, 0) is 0 Å². The highest BCUT2D eigenvalue weighted by atomic mass is 16.5. The van der Waals surface area contributed by atoms with Gasteiger partial charge in [-0.1, -0.05) is 18.2 Å². The predicted octanol–water partition coefficient (Wildman–Crippen LogP) is 4.49. The molecule has 0 aliphatic heterocycles. The van der Waals surface area contributed by atoms with Crippen LogP contribution in [0.3, 0.4) is 0 Å². The lowest BCUT2D eigenvalue weighted by Gasteiger charge is -2.12. The summed E-state index contributed by atoms with van der Waals surface area (Å²) in [7, 11) is 0. The quantitative estimate of drug-likeness (QED) is 0.676. The molecule has 0 saturated heterocycles. The number of benzene rings is 2. The van der Waals surface area contributed by atoms with Gasteiger partial charge >= 0.3 is 0 Å². The Labute approximate surface area is 158 Å². The lowest BCUT2D eigenvalue weighted by atomic mass is 10.1. The number of nitrogens with one attached hydrogen (secondary N) is 2. The van der Waals surface area contributed by atoms with Crippen molar-refractivity contribution in [2.45, 2.75) is 20.8 Å². The van der Waals surface area contributed by atoms with Crippen molar-refractivity contribution in [3.05, 3.63) is 71.7 Å². The first-order valence-electron chi connectivity index (χ1n) is 8.76. The number of hydrogen-bond donors (Lipinski definition) is 2. The van der Waals surface area contributed by atoms with Crippen LogP contribution in [0.15, 0.2) is 54.9 Å². The van der Waals surface area contributed by atoms with E-state index in [1.807, 2.05) is 63.2 Å². The van der Waals surface area contributed by atoms with Crippen molar-refractivity contribution in [2.75, 3.05) is 17.2 Å². The van der Waals surface area contributed by atoms with E-state index in [-0.39, 0.29) is 11.6 Å². The number of para-hydroxylation sites is 2.